The predicted octanol–water partition coefficient (Wildman–Crippen LogP) is 3.48. The van der Waals surface area contributed by atoms with Gasteiger partial charge in [0, 0.05) is 0 Å². The van der Waals surface area contributed by atoms with Crippen molar-refractivity contribution in [3.63, 3.8) is 0 Å². The minimum atomic E-state index is 0.130. The third-order valence-corrected chi connectivity index (χ3v) is 3.82. The van der Waals surface area contributed by atoms with Gasteiger partial charge in [-0.1, -0.05) is 34.6 Å². The Kier molecular flexibility index (Phi) is 5.94. The van der Waals surface area contributed by atoms with Crippen LogP contribution in [-0.4, -0.2) is 23.9 Å². The van der Waals surface area contributed by atoms with E-state index in [0.29, 0.717) is 12.0 Å². The highest BCUT2D eigenvalue weighted by molar-refractivity contribution is 4.88. The lowest BCUT2D eigenvalue weighted by Gasteiger charge is -2.21. The van der Waals surface area contributed by atoms with Crippen LogP contribution in [0.5, 0.6) is 0 Å². The van der Waals surface area contributed by atoms with Gasteiger partial charge in [0.05, 0.1) is 12.7 Å². The zero-order chi connectivity index (χ0) is 13.0. The van der Waals surface area contributed by atoms with E-state index in [4.69, 9.17) is 9.84 Å². The molecule has 0 aliphatic carbocycles. The van der Waals surface area contributed by atoms with Crippen molar-refractivity contribution in [1.29, 1.82) is 0 Å². The van der Waals surface area contributed by atoms with Crippen LogP contribution in [0.25, 0.3) is 0 Å². The van der Waals surface area contributed by atoms with Gasteiger partial charge in [-0.05, 0) is 42.9 Å². The molecule has 0 spiro atoms. The Balaban J connectivity index is 2.18. The quantitative estimate of drug-likeness (QED) is 0.661. The van der Waals surface area contributed by atoms with Crippen molar-refractivity contribution in [3.8, 4) is 0 Å². The number of aliphatic hydroxyl groups is 1. The van der Waals surface area contributed by atoms with Crippen LogP contribution in [0.15, 0.2) is 0 Å². The molecule has 0 radical (unpaired) electrons. The molecule has 2 heteroatoms. The smallest absolute Gasteiger partial charge is 0.107 e. The Morgan fingerprint density at radius 3 is 2.00 bits per heavy atom. The lowest BCUT2D eigenvalue weighted by molar-refractivity contribution is 0.235. The summed E-state index contributed by atoms with van der Waals surface area (Å²) >= 11 is 0. The molecule has 0 aromatic rings. The fourth-order valence-corrected chi connectivity index (χ4v) is 3.26. The summed E-state index contributed by atoms with van der Waals surface area (Å²) in [7, 11) is 0. The average Bonchev–Trinajstić information content (AvgIpc) is 2.94. The molecule has 1 fully saturated rings. The highest BCUT2D eigenvalue weighted by atomic mass is 16.6. The number of hydrogen-bond donors (Lipinski definition) is 1. The van der Waals surface area contributed by atoms with E-state index in [0.717, 1.165) is 17.8 Å². The van der Waals surface area contributed by atoms with Gasteiger partial charge in [0.2, 0.25) is 0 Å². The fraction of sp³-hybridized carbons (Fsp3) is 1.00. The van der Waals surface area contributed by atoms with Gasteiger partial charge in [-0.25, -0.2) is 0 Å². The third-order valence-electron chi connectivity index (χ3n) is 3.82. The molecule has 0 aromatic carbocycles. The molecule has 1 aliphatic heterocycles. The van der Waals surface area contributed by atoms with Crippen LogP contribution in [0, 0.1) is 23.7 Å². The van der Waals surface area contributed by atoms with Crippen molar-refractivity contribution in [2.75, 3.05) is 6.61 Å². The zero-order valence-electron chi connectivity index (χ0n) is 12.1. The normalized spacial score (nSPS) is 29.1. The number of aliphatic hydroxyl groups excluding tert-OH is 1. The Morgan fingerprint density at radius 1 is 0.941 bits per heavy atom. The molecule has 2 nitrogen and oxygen atoms in total. The summed E-state index contributed by atoms with van der Waals surface area (Å²) in [6.45, 7) is 11.8. The molecule has 5 atom stereocenters. The molecule has 0 bridgehead atoms. The highest BCUT2D eigenvalue weighted by Crippen LogP contribution is 2.34. The number of rotatable bonds is 8. The van der Waals surface area contributed by atoms with Crippen molar-refractivity contribution >= 4 is 0 Å². The van der Waals surface area contributed by atoms with E-state index in [-0.39, 0.29) is 12.7 Å². The van der Waals surface area contributed by atoms with Crippen LogP contribution in [-0.2, 0) is 4.74 Å². The van der Waals surface area contributed by atoms with Gasteiger partial charge in [0.25, 0.3) is 0 Å². The summed E-state index contributed by atoms with van der Waals surface area (Å²) in [6.07, 6.45) is 4.33. The van der Waals surface area contributed by atoms with Gasteiger partial charge in [-0.15, -0.1) is 0 Å². The Morgan fingerprint density at radius 2 is 1.53 bits per heavy atom. The largest absolute Gasteiger partial charge is 0.394 e. The highest BCUT2D eigenvalue weighted by Gasteiger charge is 2.42. The van der Waals surface area contributed by atoms with Gasteiger partial charge in [-0.3, -0.25) is 0 Å². The van der Waals surface area contributed by atoms with Crippen molar-refractivity contribution in [2.45, 2.75) is 66.1 Å². The second-order valence-electron chi connectivity index (χ2n) is 6.61. The van der Waals surface area contributed by atoms with Crippen LogP contribution in [0.4, 0.5) is 0 Å². The first-order valence-corrected chi connectivity index (χ1v) is 7.20. The maximum absolute atomic E-state index is 8.98. The molecule has 0 amide bonds. The summed E-state index contributed by atoms with van der Waals surface area (Å²) in [6, 6.07) is 0. The molecular weight excluding hydrogens is 212 g/mol. The second-order valence-corrected chi connectivity index (χ2v) is 6.61. The molecule has 1 N–H and O–H groups in total. The maximum Gasteiger partial charge on any atom is 0.107 e. The van der Waals surface area contributed by atoms with Crippen molar-refractivity contribution < 1.29 is 9.84 Å². The number of ether oxygens (including phenoxy) is 1. The first-order chi connectivity index (χ1) is 7.93. The van der Waals surface area contributed by atoms with Crippen molar-refractivity contribution in [1.82, 2.24) is 0 Å². The van der Waals surface area contributed by atoms with Crippen molar-refractivity contribution in [2.24, 2.45) is 23.7 Å². The zero-order valence-corrected chi connectivity index (χ0v) is 12.1. The summed E-state index contributed by atoms with van der Waals surface area (Å²) in [5.41, 5.74) is 0. The molecule has 1 aliphatic rings. The second kappa shape index (κ2) is 6.75. The molecule has 1 saturated heterocycles. The Bertz CT molecular complexity index is 215. The standard InChI is InChI=1S/C15H30O2/c1-10(2)6-11(3)7-12(4)8-13(5)15-14(9-16)17-15/h10-16H,6-9H2,1-5H3/t11-,12-,13-,14+,15?/m0/s1. The molecule has 1 rings (SSSR count). The molecular formula is C15H30O2. The molecule has 0 saturated carbocycles. The first-order valence-electron chi connectivity index (χ1n) is 7.20. The fourth-order valence-electron chi connectivity index (χ4n) is 3.26. The van der Waals surface area contributed by atoms with E-state index in [9.17, 15) is 0 Å². The summed E-state index contributed by atoms with van der Waals surface area (Å²) in [5.74, 6) is 2.99. The van der Waals surface area contributed by atoms with E-state index in [1.54, 1.807) is 0 Å². The Labute approximate surface area is 107 Å². The maximum atomic E-state index is 8.98. The van der Waals surface area contributed by atoms with E-state index >= 15 is 0 Å². The predicted molar refractivity (Wildman–Crippen MR) is 71.9 cm³/mol. The van der Waals surface area contributed by atoms with E-state index < -0.39 is 0 Å². The van der Waals surface area contributed by atoms with Crippen molar-refractivity contribution in [3.05, 3.63) is 0 Å². The van der Waals surface area contributed by atoms with Gasteiger partial charge < -0.3 is 9.84 Å². The SMILES string of the molecule is CC(C)C[C@H](C)C[C@H](C)C[C@H](C)C1O[C@@H]1CO. The van der Waals surface area contributed by atoms with E-state index in [1.807, 2.05) is 0 Å². The first kappa shape index (κ1) is 15.0. The number of epoxide rings is 1. The minimum absolute atomic E-state index is 0.130. The molecule has 102 valence electrons. The molecule has 17 heavy (non-hydrogen) atoms. The third kappa shape index (κ3) is 5.39. The molecule has 0 aromatic heterocycles. The molecule has 1 unspecified atom stereocenters. The molecule has 1 heterocycles. The summed E-state index contributed by atoms with van der Waals surface area (Å²) in [4.78, 5) is 0. The van der Waals surface area contributed by atoms with Crippen LogP contribution in [0.2, 0.25) is 0 Å². The number of hydrogen-bond acceptors (Lipinski definition) is 2. The van der Waals surface area contributed by atoms with Gasteiger partial charge in [-0.2, -0.15) is 0 Å². The van der Waals surface area contributed by atoms with Gasteiger partial charge >= 0.3 is 0 Å². The monoisotopic (exact) mass is 242 g/mol. The lowest BCUT2D eigenvalue weighted by atomic mass is 9.85. The average molecular weight is 242 g/mol. The van der Waals surface area contributed by atoms with Crippen LogP contribution in [0.3, 0.4) is 0 Å². The van der Waals surface area contributed by atoms with E-state index in [1.165, 1.54) is 19.3 Å². The van der Waals surface area contributed by atoms with Crippen LogP contribution in [0.1, 0.15) is 53.9 Å². The summed E-state index contributed by atoms with van der Waals surface area (Å²) in [5, 5.41) is 8.98. The van der Waals surface area contributed by atoms with E-state index in [2.05, 4.69) is 34.6 Å². The minimum Gasteiger partial charge on any atom is -0.394 e. The van der Waals surface area contributed by atoms with Gasteiger partial charge in [0.15, 0.2) is 0 Å². The lowest BCUT2D eigenvalue weighted by Crippen LogP contribution is -2.15. The topological polar surface area (TPSA) is 32.8 Å². The Hall–Kier alpha value is -0.0800. The van der Waals surface area contributed by atoms with Crippen LogP contribution >= 0.6 is 0 Å². The van der Waals surface area contributed by atoms with Gasteiger partial charge in [0.1, 0.15) is 6.10 Å². The van der Waals surface area contributed by atoms with Crippen LogP contribution < -0.4 is 0 Å². The summed E-state index contributed by atoms with van der Waals surface area (Å²) < 4.78 is 5.45.